The SMILES string of the molecule is NC1=NCC2(CCN3CCCC32)N1c1ccc(Br)cc1. The highest BCUT2D eigenvalue weighted by Gasteiger charge is 2.55. The Hall–Kier alpha value is -1.07. The van der Waals surface area contributed by atoms with Crippen LogP contribution >= 0.6 is 15.9 Å². The van der Waals surface area contributed by atoms with E-state index in [9.17, 15) is 0 Å². The molecule has 106 valence electrons. The van der Waals surface area contributed by atoms with E-state index < -0.39 is 0 Å². The third-order valence-electron chi connectivity index (χ3n) is 5.09. The minimum absolute atomic E-state index is 0.0917. The van der Waals surface area contributed by atoms with E-state index >= 15 is 0 Å². The van der Waals surface area contributed by atoms with Gasteiger partial charge in [-0.15, -0.1) is 0 Å². The first kappa shape index (κ1) is 12.7. The molecule has 0 bridgehead atoms. The summed E-state index contributed by atoms with van der Waals surface area (Å²) in [6.45, 7) is 3.26. The van der Waals surface area contributed by atoms with Gasteiger partial charge in [0.15, 0.2) is 5.96 Å². The van der Waals surface area contributed by atoms with Crippen molar-refractivity contribution in [2.75, 3.05) is 24.5 Å². The summed E-state index contributed by atoms with van der Waals surface area (Å²) in [6.07, 6.45) is 3.74. The van der Waals surface area contributed by atoms with Gasteiger partial charge in [-0.2, -0.15) is 0 Å². The Balaban J connectivity index is 1.75. The lowest BCUT2D eigenvalue weighted by Gasteiger charge is -2.40. The third-order valence-corrected chi connectivity index (χ3v) is 5.62. The molecule has 2 atom stereocenters. The second kappa shape index (κ2) is 4.46. The summed E-state index contributed by atoms with van der Waals surface area (Å²) in [7, 11) is 0. The average molecular weight is 335 g/mol. The van der Waals surface area contributed by atoms with E-state index in [4.69, 9.17) is 5.73 Å². The van der Waals surface area contributed by atoms with Gasteiger partial charge in [-0.1, -0.05) is 15.9 Å². The van der Waals surface area contributed by atoms with Gasteiger partial charge in [0.05, 0.1) is 12.1 Å². The summed E-state index contributed by atoms with van der Waals surface area (Å²) >= 11 is 3.50. The molecule has 0 aliphatic carbocycles. The molecule has 20 heavy (non-hydrogen) atoms. The van der Waals surface area contributed by atoms with Gasteiger partial charge < -0.3 is 10.6 Å². The van der Waals surface area contributed by atoms with Crippen LogP contribution in [0.15, 0.2) is 33.7 Å². The Morgan fingerprint density at radius 3 is 2.85 bits per heavy atom. The Labute approximate surface area is 127 Å². The lowest BCUT2D eigenvalue weighted by molar-refractivity contribution is 0.274. The lowest BCUT2D eigenvalue weighted by Crippen LogP contribution is -2.57. The third kappa shape index (κ3) is 1.66. The monoisotopic (exact) mass is 334 g/mol. The largest absolute Gasteiger partial charge is 0.369 e. The van der Waals surface area contributed by atoms with Crippen LogP contribution in [0.25, 0.3) is 0 Å². The van der Waals surface area contributed by atoms with E-state index in [1.165, 1.54) is 31.6 Å². The van der Waals surface area contributed by atoms with Crippen molar-refractivity contribution in [2.24, 2.45) is 10.7 Å². The molecular formula is C15H19BrN4. The van der Waals surface area contributed by atoms with Gasteiger partial charge in [-0.25, -0.2) is 0 Å². The summed E-state index contributed by atoms with van der Waals surface area (Å²) in [5, 5.41) is 0. The number of hydrogen-bond acceptors (Lipinski definition) is 4. The molecule has 2 saturated heterocycles. The van der Waals surface area contributed by atoms with Gasteiger partial charge in [0.2, 0.25) is 0 Å². The van der Waals surface area contributed by atoms with Crippen molar-refractivity contribution in [3.63, 3.8) is 0 Å². The number of rotatable bonds is 1. The fourth-order valence-electron chi connectivity index (χ4n) is 4.22. The summed E-state index contributed by atoms with van der Waals surface area (Å²) < 4.78 is 1.10. The predicted molar refractivity (Wildman–Crippen MR) is 85.1 cm³/mol. The number of benzene rings is 1. The first-order valence-electron chi connectivity index (χ1n) is 7.30. The topological polar surface area (TPSA) is 44.9 Å². The van der Waals surface area contributed by atoms with Crippen LogP contribution in [0.3, 0.4) is 0 Å². The van der Waals surface area contributed by atoms with Crippen LogP contribution in [0, 0.1) is 0 Å². The van der Waals surface area contributed by atoms with E-state index in [1.807, 2.05) is 0 Å². The molecule has 0 radical (unpaired) electrons. The van der Waals surface area contributed by atoms with Gasteiger partial charge in [0.1, 0.15) is 0 Å². The summed E-state index contributed by atoms with van der Waals surface area (Å²) in [6, 6.07) is 9.04. The Morgan fingerprint density at radius 2 is 2.05 bits per heavy atom. The zero-order chi connectivity index (χ0) is 13.7. The molecule has 2 unspecified atom stereocenters. The molecule has 0 amide bonds. The molecule has 3 heterocycles. The maximum Gasteiger partial charge on any atom is 0.196 e. The highest BCUT2D eigenvalue weighted by Crippen LogP contribution is 2.44. The molecule has 4 rings (SSSR count). The molecule has 2 fully saturated rings. The first-order valence-corrected chi connectivity index (χ1v) is 8.10. The fourth-order valence-corrected chi connectivity index (χ4v) is 4.48. The highest BCUT2D eigenvalue weighted by atomic mass is 79.9. The normalized spacial score (nSPS) is 33.0. The number of nitrogens with zero attached hydrogens (tertiary/aromatic N) is 3. The molecule has 5 heteroatoms. The van der Waals surface area contributed by atoms with Crippen LogP contribution in [0.5, 0.6) is 0 Å². The molecule has 1 aromatic rings. The second-order valence-corrected chi connectivity index (χ2v) is 6.95. The van der Waals surface area contributed by atoms with Crippen molar-refractivity contribution in [1.29, 1.82) is 0 Å². The number of hydrogen-bond donors (Lipinski definition) is 1. The second-order valence-electron chi connectivity index (χ2n) is 6.03. The number of aliphatic imine (C=N–C) groups is 1. The number of halogens is 1. The Bertz CT molecular complexity index is 555. The number of anilines is 1. The summed E-state index contributed by atoms with van der Waals surface area (Å²) in [5.41, 5.74) is 7.49. The summed E-state index contributed by atoms with van der Waals surface area (Å²) in [5.74, 6) is 0.682. The minimum Gasteiger partial charge on any atom is -0.369 e. The van der Waals surface area contributed by atoms with E-state index in [0.717, 1.165) is 17.4 Å². The van der Waals surface area contributed by atoms with Crippen LogP contribution in [0.1, 0.15) is 19.3 Å². The lowest BCUT2D eigenvalue weighted by atomic mass is 9.87. The summed E-state index contributed by atoms with van der Waals surface area (Å²) in [4.78, 5) is 9.52. The molecule has 1 aromatic carbocycles. The van der Waals surface area contributed by atoms with Crippen LogP contribution in [-0.2, 0) is 0 Å². The first-order chi connectivity index (χ1) is 9.71. The van der Waals surface area contributed by atoms with Gasteiger partial charge in [0, 0.05) is 22.7 Å². The zero-order valence-electron chi connectivity index (χ0n) is 11.4. The number of guanidine groups is 1. The van der Waals surface area contributed by atoms with Crippen LogP contribution in [0.2, 0.25) is 0 Å². The standard InChI is InChI=1S/C15H19BrN4/c16-11-3-5-12(6-4-11)20-14(17)18-10-15(20)7-9-19-8-1-2-13(15)19/h3-6,13H,1-2,7-10H2,(H2,17,18). The van der Waals surface area contributed by atoms with Crippen molar-refractivity contribution in [1.82, 2.24) is 4.90 Å². The molecule has 3 aliphatic rings. The average Bonchev–Trinajstić information content (AvgIpc) is 3.10. The molecular weight excluding hydrogens is 316 g/mol. The molecule has 4 nitrogen and oxygen atoms in total. The van der Waals surface area contributed by atoms with E-state index in [0.29, 0.717) is 12.0 Å². The van der Waals surface area contributed by atoms with E-state index in [1.54, 1.807) is 0 Å². The highest BCUT2D eigenvalue weighted by molar-refractivity contribution is 9.10. The van der Waals surface area contributed by atoms with Crippen LogP contribution in [0.4, 0.5) is 5.69 Å². The molecule has 0 aromatic heterocycles. The maximum atomic E-state index is 6.23. The fraction of sp³-hybridized carbons (Fsp3) is 0.533. The van der Waals surface area contributed by atoms with Crippen molar-refractivity contribution < 1.29 is 0 Å². The Morgan fingerprint density at radius 1 is 1.25 bits per heavy atom. The predicted octanol–water partition coefficient (Wildman–Crippen LogP) is 2.19. The molecule has 1 spiro atoms. The van der Waals surface area contributed by atoms with E-state index in [-0.39, 0.29) is 5.54 Å². The van der Waals surface area contributed by atoms with Crippen LogP contribution < -0.4 is 10.6 Å². The molecule has 2 N–H and O–H groups in total. The molecule has 3 aliphatic heterocycles. The van der Waals surface area contributed by atoms with Crippen molar-refractivity contribution in [2.45, 2.75) is 30.8 Å². The quantitative estimate of drug-likeness (QED) is 0.856. The maximum absolute atomic E-state index is 6.23. The van der Waals surface area contributed by atoms with Crippen LogP contribution in [-0.4, -0.2) is 42.1 Å². The molecule has 0 saturated carbocycles. The minimum atomic E-state index is 0.0917. The van der Waals surface area contributed by atoms with Crippen molar-refractivity contribution in [3.8, 4) is 0 Å². The number of fused-ring (bicyclic) bond motifs is 2. The van der Waals surface area contributed by atoms with Gasteiger partial charge in [0.25, 0.3) is 0 Å². The smallest absolute Gasteiger partial charge is 0.196 e. The zero-order valence-corrected chi connectivity index (χ0v) is 13.0. The van der Waals surface area contributed by atoms with Gasteiger partial charge >= 0.3 is 0 Å². The van der Waals surface area contributed by atoms with Gasteiger partial charge in [-0.3, -0.25) is 9.89 Å². The van der Waals surface area contributed by atoms with Gasteiger partial charge in [-0.05, 0) is 50.1 Å². The van der Waals surface area contributed by atoms with Crippen molar-refractivity contribution >= 4 is 27.6 Å². The van der Waals surface area contributed by atoms with Crippen molar-refractivity contribution in [3.05, 3.63) is 28.7 Å². The number of nitrogens with two attached hydrogens (primary N) is 1. The van der Waals surface area contributed by atoms with E-state index in [2.05, 4.69) is 55.0 Å². The Kier molecular flexibility index (Phi) is 2.82.